The fraction of sp³-hybridized carbons (Fsp3) is 0.619. The van der Waals surface area contributed by atoms with E-state index in [-0.39, 0.29) is 28.7 Å². The molecule has 1 aromatic rings. The number of halogens is 1. The Labute approximate surface area is 180 Å². The standard InChI is InChI=1S/C21H25ClN2O5S/c22-15-2-1-3-16(8-15)30(28,29)24-21(4-5-21)18(25)23-17-13-6-12-7-14(17)11-20(9-12,10-13)19(26)27/h1-3,8,12-14,17,24H,4-7,9-11H2,(H,23,25)(H,26,27). The number of carbonyl (C=O) groups is 2. The number of amides is 1. The molecule has 30 heavy (non-hydrogen) atoms. The van der Waals surface area contributed by atoms with E-state index in [9.17, 15) is 23.1 Å². The lowest BCUT2D eigenvalue weighted by Crippen LogP contribution is -2.63. The Kier molecular flexibility index (Phi) is 4.51. The van der Waals surface area contributed by atoms with Gasteiger partial charge < -0.3 is 10.4 Å². The molecule has 3 N–H and O–H groups in total. The molecule has 0 radical (unpaired) electrons. The van der Waals surface area contributed by atoms with Crippen LogP contribution in [0.5, 0.6) is 0 Å². The summed E-state index contributed by atoms with van der Waals surface area (Å²) in [7, 11) is -3.88. The number of sulfonamides is 1. The van der Waals surface area contributed by atoms with E-state index in [0.717, 1.165) is 19.3 Å². The zero-order chi connectivity index (χ0) is 21.3. The molecule has 2 atom stereocenters. The first-order chi connectivity index (χ1) is 14.1. The van der Waals surface area contributed by atoms with Crippen LogP contribution in [0, 0.1) is 23.2 Å². The molecule has 0 aliphatic heterocycles. The molecule has 6 rings (SSSR count). The summed E-state index contributed by atoms with van der Waals surface area (Å²) in [6, 6.07) is 5.89. The monoisotopic (exact) mass is 452 g/mol. The minimum Gasteiger partial charge on any atom is -0.481 e. The van der Waals surface area contributed by atoms with Gasteiger partial charge in [-0.2, -0.15) is 4.72 Å². The largest absolute Gasteiger partial charge is 0.481 e. The van der Waals surface area contributed by atoms with Crippen LogP contribution in [-0.2, 0) is 19.6 Å². The highest BCUT2D eigenvalue weighted by Gasteiger charge is 2.60. The molecule has 0 heterocycles. The Hall–Kier alpha value is -1.64. The third-order valence-corrected chi connectivity index (χ3v) is 9.41. The number of rotatable bonds is 6. The molecule has 162 valence electrons. The number of hydrogen-bond donors (Lipinski definition) is 3. The van der Waals surface area contributed by atoms with Crippen molar-refractivity contribution >= 4 is 33.5 Å². The number of aliphatic carboxylic acids is 1. The summed E-state index contributed by atoms with van der Waals surface area (Å²) < 4.78 is 28.2. The molecule has 0 aromatic heterocycles. The molecule has 1 amide bonds. The van der Waals surface area contributed by atoms with Crippen molar-refractivity contribution in [2.45, 2.75) is 61.4 Å². The second-order valence-electron chi connectivity index (χ2n) is 9.70. The fourth-order valence-corrected chi connectivity index (χ4v) is 7.99. The molecule has 5 fully saturated rings. The van der Waals surface area contributed by atoms with Crippen LogP contribution in [0.2, 0.25) is 5.02 Å². The predicted molar refractivity (Wildman–Crippen MR) is 109 cm³/mol. The van der Waals surface area contributed by atoms with Gasteiger partial charge in [0, 0.05) is 11.1 Å². The van der Waals surface area contributed by atoms with Gasteiger partial charge in [0.25, 0.3) is 0 Å². The maximum atomic E-state index is 13.1. The first-order valence-electron chi connectivity index (χ1n) is 10.5. The van der Waals surface area contributed by atoms with Crippen molar-refractivity contribution in [1.29, 1.82) is 0 Å². The third kappa shape index (κ3) is 3.24. The lowest BCUT2D eigenvalue weighted by atomic mass is 9.48. The normalized spacial score (nSPS) is 35.8. The van der Waals surface area contributed by atoms with Crippen molar-refractivity contribution in [3.8, 4) is 0 Å². The Bertz CT molecular complexity index is 1010. The molecule has 5 aliphatic carbocycles. The molecule has 1 aromatic carbocycles. The van der Waals surface area contributed by atoms with Gasteiger partial charge in [0.2, 0.25) is 15.9 Å². The van der Waals surface area contributed by atoms with Crippen molar-refractivity contribution in [3.05, 3.63) is 29.3 Å². The van der Waals surface area contributed by atoms with Gasteiger partial charge >= 0.3 is 5.97 Å². The molecule has 5 saturated carbocycles. The topological polar surface area (TPSA) is 113 Å². The van der Waals surface area contributed by atoms with Crippen LogP contribution in [0.25, 0.3) is 0 Å². The fourth-order valence-electron chi connectivity index (χ4n) is 6.26. The molecular formula is C21H25ClN2O5S. The van der Waals surface area contributed by atoms with Gasteiger partial charge in [-0.15, -0.1) is 0 Å². The van der Waals surface area contributed by atoms with Crippen molar-refractivity contribution < 1.29 is 23.1 Å². The SMILES string of the molecule is O=C(O)C12CC3CC(C1)C(NC(=O)C1(NS(=O)(=O)c4cccc(Cl)c4)CC1)C(C3)C2. The maximum absolute atomic E-state index is 13.1. The number of carboxylic acid groups (broad SMARTS) is 1. The number of benzene rings is 1. The van der Waals surface area contributed by atoms with E-state index in [1.54, 1.807) is 12.1 Å². The minimum atomic E-state index is -3.88. The molecule has 9 heteroatoms. The number of hydrogen-bond acceptors (Lipinski definition) is 4. The zero-order valence-corrected chi connectivity index (χ0v) is 18.0. The van der Waals surface area contributed by atoms with Gasteiger partial charge in [-0.05, 0) is 80.9 Å². The molecule has 0 spiro atoms. The van der Waals surface area contributed by atoms with Crippen LogP contribution in [0.1, 0.15) is 44.9 Å². The van der Waals surface area contributed by atoms with Crippen LogP contribution in [-0.4, -0.2) is 37.0 Å². The molecular weight excluding hydrogens is 428 g/mol. The lowest BCUT2D eigenvalue weighted by molar-refractivity contribution is -0.167. The molecule has 5 aliphatic rings. The summed E-state index contributed by atoms with van der Waals surface area (Å²) in [6.07, 6.45) is 4.72. The van der Waals surface area contributed by atoms with E-state index in [2.05, 4.69) is 10.0 Å². The van der Waals surface area contributed by atoms with Gasteiger partial charge in [-0.3, -0.25) is 9.59 Å². The molecule has 0 saturated heterocycles. The van der Waals surface area contributed by atoms with E-state index in [0.29, 0.717) is 36.6 Å². The Morgan fingerprint density at radius 3 is 2.33 bits per heavy atom. The highest BCUT2D eigenvalue weighted by Crippen LogP contribution is 2.60. The van der Waals surface area contributed by atoms with Crippen molar-refractivity contribution in [2.75, 3.05) is 0 Å². The maximum Gasteiger partial charge on any atom is 0.309 e. The van der Waals surface area contributed by atoms with E-state index < -0.39 is 26.9 Å². The van der Waals surface area contributed by atoms with E-state index in [1.807, 2.05) is 0 Å². The lowest BCUT2D eigenvalue weighted by Gasteiger charge is -2.58. The predicted octanol–water partition coefficient (Wildman–Crippen LogP) is 2.55. The van der Waals surface area contributed by atoms with E-state index in [4.69, 9.17) is 11.6 Å². The Morgan fingerprint density at radius 1 is 1.10 bits per heavy atom. The zero-order valence-electron chi connectivity index (χ0n) is 16.4. The van der Waals surface area contributed by atoms with Crippen molar-refractivity contribution in [1.82, 2.24) is 10.0 Å². The average Bonchev–Trinajstić information content (AvgIpc) is 3.44. The average molecular weight is 453 g/mol. The van der Waals surface area contributed by atoms with Gasteiger partial charge in [0.15, 0.2) is 0 Å². The molecule has 2 unspecified atom stereocenters. The second kappa shape index (κ2) is 6.68. The summed E-state index contributed by atoms with van der Waals surface area (Å²) >= 11 is 5.92. The smallest absolute Gasteiger partial charge is 0.309 e. The quantitative estimate of drug-likeness (QED) is 0.614. The van der Waals surface area contributed by atoms with Crippen LogP contribution < -0.4 is 10.0 Å². The third-order valence-electron chi connectivity index (χ3n) is 7.65. The molecule has 7 nitrogen and oxygen atoms in total. The number of carbonyl (C=O) groups excluding carboxylic acids is 1. The minimum absolute atomic E-state index is 0.0344. The molecule has 4 bridgehead atoms. The summed E-state index contributed by atoms with van der Waals surface area (Å²) in [5.41, 5.74) is -1.76. The van der Waals surface area contributed by atoms with E-state index in [1.165, 1.54) is 12.1 Å². The van der Waals surface area contributed by atoms with Gasteiger partial charge in [0.05, 0.1) is 10.3 Å². The Morgan fingerprint density at radius 2 is 1.77 bits per heavy atom. The highest BCUT2D eigenvalue weighted by atomic mass is 35.5. The Balaban J connectivity index is 1.31. The first kappa shape index (κ1) is 20.3. The summed E-state index contributed by atoms with van der Waals surface area (Å²) in [5.74, 6) is -0.286. The van der Waals surface area contributed by atoms with Crippen LogP contribution in [0.15, 0.2) is 29.2 Å². The first-order valence-corrected chi connectivity index (χ1v) is 12.3. The van der Waals surface area contributed by atoms with Crippen molar-refractivity contribution in [2.24, 2.45) is 23.2 Å². The van der Waals surface area contributed by atoms with Crippen LogP contribution >= 0.6 is 11.6 Å². The van der Waals surface area contributed by atoms with Crippen molar-refractivity contribution in [3.63, 3.8) is 0 Å². The van der Waals surface area contributed by atoms with Crippen LogP contribution in [0.4, 0.5) is 0 Å². The van der Waals surface area contributed by atoms with Gasteiger partial charge in [-0.1, -0.05) is 17.7 Å². The summed E-state index contributed by atoms with van der Waals surface area (Å²) in [5, 5.41) is 13.2. The number of nitrogens with one attached hydrogen (secondary N) is 2. The summed E-state index contributed by atoms with van der Waals surface area (Å²) in [4.78, 5) is 25.1. The highest BCUT2D eigenvalue weighted by molar-refractivity contribution is 7.89. The van der Waals surface area contributed by atoms with E-state index >= 15 is 0 Å². The summed E-state index contributed by atoms with van der Waals surface area (Å²) in [6.45, 7) is 0. The van der Waals surface area contributed by atoms with Crippen LogP contribution in [0.3, 0.4) is 0 Å². The van der Waals surface area contributed by atoms with Gasteiger partial charge in [-0.25, -0.2) is 8.42 Å². The van der Waals surface area contributed by atoms with Gasteiger partial charge in [0.1, 0.15) is 5.54 Å². The second-order valence-corrected chi connectivity index (χ2v) is 11.8. The number of carboxylic acids is 1.